The lowest BCUT2D eigenvalue weighted by Crippen LogP contribution is -2.31. The van der Waals surface area contributed by atoms with Crippen LogP contribution >= 0.6 is 0 Å². The first-order valence-corrected chi connectivity index (χ1v) is 16.9. The van der Waals surface area contributed by atoms with Gasteiger partial charge in [0, 0.05) is 29.1 Å². The van der Waals surface area contributed by atoms with Crippen LogP contribution in [-0.2, 0) is 30.5 Å². The predicted octanol–water partition coefficient (Wildman–Crippen LogP) is 8.54. The van der Waals surface area contributed by atoms with E-state index >= 15 is 0 Å². The number of fused-ring (bicyclic) bond motifs is 7. The molecule has 236 valence electrons. The van der Waals surface area contributed by atoms with E-state index in [1.807, 2.05) is 55.7 Å². The van der Waals surface area contributed by atoms with E-state index in [4.69, 9.17) is 14.2 Å². The van der Waals surface area contributed by atoms with Crippen molar-refractivity contribution in [1.82, 2.24) is 9.97 Å². The van der Waals surface area contributed by atoms with Gasteiger partial charge in [0.05, 0.1) is 0 Å². The highest BCUT2D eigenvalue weighted by Crippen LogP contribution is 2.47. The summed E-state index contributed by atoms with van der Waals surface area (Å²) >= 11 is 0. The summed E-state index contributed by atoms with van der Waals surface area (Å²) in [5.41, 5.74) is 12.0. The maximum absolute atomic E-state index is 13.6. The van der Waals surface area contributed by atoms with Crippen molar-refractivity contribution in [2.45, 2.75) is 58.3 Å². The fraction of sp³-hybridized carbons (Fsp3) is 0.293. The number of benzene rings is 4. The number of carbonyl (C=O) groups excluding carboxylic acids is 1. The van der Waals surface area contributed by atoms with Crippen LogP contribution in [-0.4, -0.2) is 29.2 Å². The lowest BCUT2D eigenvalue weighted by molar-refractivity contribution is -0.141. The molecule has 0 atom stereocenters. The molecule has 1 aromatic heterocycles. The molecule has 4 aromatic carbocycles. The maximum Gasteiger partial charge on any atom is 0.321 e. The predicted molar refractivity (Wildman–Crippen MR) is 183 cm³/mol. The molecule has 1 aliphatic heterocycles. The molecule has 8 rings (SSSR count). The number of esters is 1. The smallest absolute Gasteiger partial charge is 0.321 e. The zero-order chi connectivity index (χ0) is 31.7. The van der Waals surface area contributed by atoms with Crippen LogP contribution in [0.15, 0.2) is 85.2 Å². The molecule has 0 N–H and O–H groups in total. The quantitative estimate of drug-likeness (QED) is 0.148. The first-order chi connectivity index (χ1) is 23.1. The summed E-state index contributed by atoms with van der Waals surface area (Å²) in [5, 5.41) is 0. The molecule has 6 nitrogen and oxygen atoms in total. The molecular weight excluding hydrogens is 584 g/mol. The summed E-state index contributed by atoms with van der Waals surface area (Å²) in [6.07, 6.45) is 12.7. The van der Waals surface area contributed by atoms with Gasteiger partial charge in [0.25, 0.3) is 0 Å². The molecule has 5 aromatic rings. The second kappa shape index (κ2) is 12.7. The number of aryl methyl sites for hydroxylation is 3. The van der Waals surface area contributed by atoms with E-state index in [1.54, 1.807) is 0 Å². The molecule has 0 saturated carbocycles. The zero-order valence-electron chi connectivity index (χ0n) is 26.8. The highest BCUT2D eigenvalue weighted by atomic mass is 16.5. The number of nitrogens with zero attached hydrogens (tertiary/aromatic N) is 2. The number of hydrogen-bond acceptors (Lipinski definition) is 6. The Labute approximate surface area is 275 Å². The van der Waals surface area contributed by atoms with Crippen LogP contribution in [0.2, 0.25) is 0 Å². The number of hydrogen-bond donors (Lipinski definition) is 0. The SMILES string of the molecule is Cc1cnc(-c2ccc(-c3ccc(OC(=O)C4COc5ccc6c(c5-c5c(ccc7c5CCCC7)OC4)CCCC6)cc3)cc2)nc1. The molecule has 2 heterocycles. The number of aromatic nitrogens is 2. The fourth-order valence-corrected chi connectivity index (χ4v) is 7.23. The van der Waals surface area contributed by atoms with Crippen molar-refractivity contribution in [1.29, 1.82) is 0 Å². The normalized spacial score (nSPS) is 15.7. The number of ether oxygens (including phenoxy) is 3. The highest BCUT2D eigenvalue weighted by molar-refractivity contribution is 5.84. The van der Waals surface area contributed by atoms with Gasteiger partial charge in [0.1, 0.15) is 36.4 Å². The van der Waals surface area contributed by atoms with Crippen molar-refractivity contribution >= 4 is 5.97 Å². The minimum absolute atomic E-state index is 0.190. The monoisotopic (exact) mass is 622 g/mol. The number of carbonyl (C=O) groups is 1. The molecule has 0 fully saturated rings. The van der Waals surface area contributed by atoms with E-state index in [2.05, 4.69) is 46.4 Å². The summed E-state index contributed by atoms with van der Waals surface area (Å²) < 4.78 is 19.0. The van der Waals surface area contributed by atoms with Crippen molar-refractivity contribution in [3.63, 3.8) is 0 Å². The van der Waals surface area contributed by atoms with Crippen molar-refractivity contribution in [2.24, 2.45) is 5.92 Å². The van der Waals surface area contributed by atoms with Crippen LogP contribution in [0.4, 0.5) is 0 Å². The maximum atomic E-state index is 13.6. The molecule has 6 heteroatoms. The first kappa shape index (κ1) is 29.4. The molecule has 0 unspecified atom stereocenters. The van der Waals surface area contributed by atoms with Gasteiger partial charge in [-0.1, -0.05) is 48.5 Å². The minimum Gasteiger partial charge on any atom is -0.492 e. The molecule has 2 aliphatic carbocycles. The van der Waals surface area contributed by atoms with E-state index in [0.717, 1.165) is 59.4 Å². The average Bonchev–Trinajstić information content (AvgIpc) is 3.20. The zero-order valence-corrected chi connectivity index (χ0v) is 26.8. The second-order valence-electron chi connectivity index (χ2n) is 13.0. The van der Waals surface area contributed by atoms with E-state index in [9.17, 15) is 4.79 Å². The van der Waals surface area contributed by atoms with Gasteiger partial charge >= 0.3 is 5.97 Å². The number of rotatable bonds is 4. The van der Waals surface area contributed by atoms with Crippen LogP contribution in [0.25, 0.3) is 33.6 Å². The van der Waals surface area contributed by atoms with Crippen molar-refractivity contribution < 1.29 is 19.0 Å². The third kappa shape index (κ3) is 5.89. The van der Waals surface area contributed by atoms with Gasteiger partial charge in [-0.3, -0.25) is 4.79 Å². The van der Waals surface area contributed by atoms with Gasteiger partial charge in [-0.25, -0.2) is 9.97 Å². The Kier molecular flexibility index (Phi) is 7.94. The molecular formula is C41H38N2O4. The fourth-order valence-electron chi connectivity index (χ4n) is 7.23. The van der Waals surface area contributed by atoms with Crippen molar-refractivity contribution in [3.05, 3.63) is 113 Å². The topological polar surface area (TPSA) is 70.5 Å². The Balaban J connectivity index is 1.02. The lowest BCUT2D eigenvalue weighted by atomic mass is 9.80. The molecule has 47 heavy (non-hydrogen) atoms. The van der Waals surface area contributed by atoms with Crippen LogP contribution in [0.3, 0.4) is 0 Å². The standard InChI is InChI=1S/C41H38N2O4/c1-26-22-42-40(43-23-26)31-12-10-27(11-13-31)28-14-18-33(19-15-28)47-41(44)32-24-45-36-20-16-29-6-2-4-8-34(29)38(36)39-35-9-5-3-7-30(35)17-21-37(39)46-25-32/h10-23,32H,2-9,24-25H2,1H3. The molecule has 0 radical (unpaired) electrons. The Morgan fingerprint density at radius 1 is 0.638 bits per heavy atom. The summed E-state index contributed by atoms with van der Waals surface area (Å²) in [7, 11) is 0. The third-order valence-corrected chi connectivity index (χ3v) is 9.78. The van der Waals surface area contributed by atoms with E-state index in [1.165, 1.54) is 59.1 Å². The van der Waals surface area contributed by atoms with Crippen molar-refractivity contribution in [3.8, 4) is 50.9 Å². The van der Waals surface area contributed by atoms with Gasteiger partial charge in [-0.2, -0.15) is 0 Å². The van der Waals surface area contributed by atoms with Crippen LogP contribution in [0.1, 0.15) is 53.5 Å². The average molecular weight is 623 g/mol. The van der Waals surface area contributed by atoms with Gasteiger partial charge in [-0.05, 0) is 121 Å². The van der Waals surface area contributed by atoms with Gasteiger partial charge < -0.3 is 14.2 Å². The van der Waals surface area contributed by atoms with Crippen LogP contribution in [0, 0.1) is 12.8 Å². The molecule has 0 saturated heterocycles. The van der Waals surface area contributed by atoms with Crippen LogP contribution < -0.4 is 14.2 Å². The highest BCUT2D eigenvalue weighted by Gasteiger charge is 2.31. The molecule has 0 amide bonds. The molecule has 3 aliphatic rings. The third-order valence-electron chi connectivity index (χ3n) is 9.78. The Morgan fingerprint density at radius 3 is 1.68 bits per heavy atom. The van der Waals surface area contributed by atoms with E-state index in [0.29, 0.717) is 11.6 Å². The summed E-state index contributed by atoms with van der Waals surface area (Å²) in [5.74, 6) is 1.94. The van der Waals surface area contributed by atoms with Crippen LogP contribution in [0.5, 0.6) is 17.2 Å². The Hall–Kier alpha value is -4.97. The lowest BCUT2D eigenvalue weighted by Gasteiger charge is -2.27. The second-order valence-corrected chi connectivity index (χ2v) is 13.0. The molecule has 0 bridgehead atoms. The summed E-state index contributed by atoms with van der Waals surface area (Å²) in [6, 6.07) is 24.4. The summed E-state index contributed by atoms with van der Waals surface area (Å²) in [6.45, 7) is 2.36. The Bertz CT molecular complexity index is 1860. The van der Waals surface area contributed by atoms with Gasteiger partial charge in [0.2, 0.25) is 0 Å². The van der Waals surface area contributed by atoms with E-state index in [-0.39, 0.29) is 19.2 Å². The van der Waals surface area contributed by atoms with Crippen molar-refractivity contribution in [2.75, 3.05) is 13.2 Å². The molecule has 0 spiro atoms. The van der Waals surface area contributed by atoms with Gasteiger partial charge in [0.15, 0.2) is 5.82 Å². The summed E-state index contributed by atoms with van der Waals surface area (Å²) in [4.78, 5) is 22.4. The Morgan fingerprint density at radius 2 is 1.13 bits per heavy atom. The largest absolute Gasteiger partial charge is 0.492 e. The van der Waals surface area contributed by atoms with E-state index < -0.39 is 5.92 Å². The van der Waals surface area contributed by atoms with Gasteiger partial charge in [-0.15, -0.1) is 0 Å². The first-order valence-electron chi connectivity index (χ1n) is 16.9. The minimum atomic E-state index is -0.586.